The van der Waals surface area contributed by atoms with Crippen LogP contribution >= 0.6 is 0 Å². The molecule has 0 amide bonds. The van der Waals surface area contributed by atoms with Gasteiger partial charge in [0, 0.05) is 12.1 Å². The zero-order valence-corrected chi connectivity index (χ0v) is 14.6. The van der Waals surface area contributed by atoms with E-state index in [1.54, 1.807) is 0 Å². The number of hydrogen-bond donors (Lipinski definition) is 0. The molecule has 0 spiro atoms. The van der Waals surface area contributed by atoms with Crippen LogP contribution in [0.15, 0.2) is 29.8 Å². The van der Waals surface area contributed by atoms with Gasteiger partial charge in [-0.3, -0.25) is 20.2 Å². The van der Waals surface area contributed by atoms with Gasteiger partial charge in [-0.1, -0.05) is 18.6 Å². The van der Waals surface area contributed by atoms with E-state index >= 15 is 0 Å². The molecule has 0 saturated heterocycles. The number of nitro benzene ring substituents is 2. The maximum Gasteiger partial charge on any atom is 0.338 e. The quantitative estimate of drug-likeness (QED) is 0.282. The Morgan fingerprint density at radius 1 is 1.12 bits per heavy atom. The first-order valence-electron chi connectivity index (χ1n) is 7.95. The fourth-order valence-electron chi connectivity index (χ4n) is 2.16. The molecule has 0 bridgehead atoms. The van der Waals surface area contributed by atoms with Gasteiger partial charge in [0.15, 0.2) is 0 Å². The number of non-ortho nitro benzene ring substituents is 2. The predicted octanol–water partition coefficient (Wildman–Crippen LogP) is 4.43. The van der Waals surface area contributed by atoms with Gasteiger partial charge in [0.1, 0.15) is 0 Å². The van der Waals surface area contributed by atoms with Gasteiger partial charge in [-0.15, -0.1) is 0 Å². The van der Waals surface area contributed by atoms with Crippen molar-refractivity contribution in [2.75, 3.05) is 6.61 Å². The van der Waals surface area contributed by atoms with Crippen LogP contribution in [0.1, 0.15) is 50.4 Å². The van der Waals surface area contributed by atoms with Gasteiger partial charge in [0.2, 0.25) is 0 Å². The number of ether oxygens (including phenoxy) is 1. The molecule has 0 aliphatic carbocycles. The molecule has 0 radical (unpaired) electrons. The summed E-state index contributed by atoms with van der Waals surface area (Å²) in [5, 5.41) is 21.7. The Labute approximate surface area is 145 Å². The number of nitrogens with zero attached hydrogens (tertiary/aromatic N) is 2. The minimum absolute atomic E-state index is 0.158. The molecule has 1 atom stereocenters. The van der Waals surface area contributed by atoms with Gasteiger partial charge in [-0.2, -0.15) is 0 Å². The molecule has 0 aliphatic heterocycles. The van der Waals surface area contributed by atoms with Crippen molar-refractivity contribution in [1.82, 2.24) is 0 Å². The number of allylic oxidation sites excluding steroid dienone is 2. The molecular weight excluding hydrogens is 328 g/mol. The average molecular weight is 350 g/mol. The van der Waals surface area contributed by atoms with Crippen LogP contribution in [0.2, 0.25) is 0 Å². The standard InChI is InChI=1S/C17H22N2O6/c1-12(2)5-4-6-13(3)7-8-25-17(20)14-9-15(18(21)22)11-16(10-14)19(23)24/h5,9-11,13H,4,6-8H2,1-3H3. The highest BCUT2D eigenvalue weighted by Gasteiger charge is 2.20. The maximum absolute atomic E-state index is 12.0. The van der Waals surface area contributed by atoms with Crippen molar-refractivity contribution >= 4 is 17.3 Å². The smallest absolute Gasteiger partial charge is 0.338 e. The van der Waals surface area contributed by atoms with Crippen molar-refractivity contribution in [3.8, 4) is 0 Å². The Morgan fingerprint density at radius 3 is 2.16 bits per heavy atom. The highest BCUT2D eigenvalue weighted by Crippen LogP contribution is 2.23. The third-order valence-electron chi connectivity index (χ3n) is 3.62. The van der Waals surface area contributed by atoms with Crippen LogP contribution < -0.4 is 0 Å². The highest BCUT2D eigenvalue weighted by molar-refractivity contribution is 5.91. The first-order valence-corrected chi connectivity index (χ1v) is 7.95. The summed E-state index contributed by atoms with van der Waals surface area (Å²) in [5.41, 5.74) is 0.0245. The second kappa shape index (κ2) is 9.51. The number of nitro groups is 2. The fourth-order valence-corrected chi connectivity index (χ4v) is 2.16. The largest absolute Gasteiger partial charge is 0.462 e. The first kappa shape index (κ1) is 20.3. The molecule has 0 N–H and O–H groups in total. The molecule has 1 rings (SSSR count). The second-order valence-corrected chi connectivity index (χ2v) is 6.14. The highest BCUT2D eigenvalue weighted by atomic mass is 16.6. The molecule has 0 fully saturated rings. The summed E-state index contributed by atoms with van der Waals surface area (Å²) < 4.78 is 5.10. The fraction of sp³-hybridized carbons (Fsp3) is 0.471. The van der Waals surface area contributed by atoms with Crippen molar-refractivity contribution in [2.45, 2.75) is 40.0 Å². The van der Waals surface area contributed by atoms with E-state index in [1.807, 2.05) is 20.8 Å². The number of rotatable bonds is 9. The molecular formula is C17H22N2O6. The number of esters is 1. The van der Waals surface area contributed by atoms with Crippen LogP contribution in [0.5, 0.6) is 0 Å². The van der Waals surface area contributed by atoms with Gasteiger partial charge >= 0.3 is 5.97 Å². The molecule has 0 aliphatic rings. The summed E-state index contributed by atoms with van der Waals surface area (Å²) in [6.07, 6.45) is 4.71. The molecule has 25 heavy (non-hydrogen) atoms. The molecule has 0 saturated carbocycles. The summed E-state index contributed by atoms with van der Waals surface area (Å²) >= 11 is 0. The van der Waals surface area contributed by atoms with Gasteiger partial charge < -0.3 is 4.74 Å². The molecule has 8 nitrogen and oxygen atoms in total. The van der Waals surface area contributed by atoms with Crippen LogP contribution in [-0.4, -0.2) is 22.4 Å². The number of hydrogen-bond acceptors (Lipinski definition) is 6. The minimum atomic E-state index is -0.803. The third kappa shape index (κ3) is 7.11. The summed E-state index contributed by atoms with van der Waals surface area (Å²) in [6, 6.07) is 2.77. The Balaban J connectivity index is 2.64. The van der Waals surface area contributed by atoms with Gasteiger partial charge in [-0.25, -0.2) is 4.79 Å². The molecule has 1 aromatic rings. The Bertz CT molecular complexity index is 647. The lowest BCUT2D eigenvalue weighted by Crippen LogP contribution is -2.10. The number of carbonyl (C=O) groups excluding carboxylic acids is 1. The number of carbonyl (C=O) groups is 1. The lowest BCUT2D eigenvalue weighted by atomic mass is 10.0. The molecule has 136 valence electrons. The van der Waals surface area contributed by atoms with E-state index < -0.39 is 27.2 Å². The van der Waals surface area contributed by atoms with Crippen molar-refractivity contribution in [3.05, 3.63) is 55.6 Å². The van der Waals surface area contributed by atoms with Crippen molar-refractivity contribution in [1.29, 1.82) is 0 Å². The van der Waals surface area contributed by atoms with Gasteiger partial charge in [-0.05, 0) is 39.0 Å². The van der Waals surface area contributed by atoms with Crippen LogP contribution in [0.4, 0.5) is 11.4 Å². The summed E-state index contributed by atoms with van der Waals surface area (Å²) in [7, 11) is 0. The van der Waals surface area contributed by atoms with Crippen LogP contribution in [0, 0.1) is 26.1 Å². The Hall–Kier alpha value is -2.77. The monoisotopic (exact) mass is 350 g/mol. The Morgan fingerprint density at radius 2 is 1.68 bits per heavy atom. The van der Waals surface area contributed by atoms with E-state index in [-0.39, 0.29) is 12.2 Å². The zero-order chi connectivity index (χ0) is 19.0. The molecule has 0 heterocycles. The Kier molecular flexibility index (Phi) is 7.71. The van der Waals surface area contributed by atoms with E-state index in [1.165, 1.54) is 5.57 Å². The minimum Gasteiger partial charge on any atom is -0.462 e. The summed E-state index contributed by atoms with van der Waals surface area (Å²) in [4.78, 5) is 32.1. The van der Waals surface area contributed by atoms with Crippen molar-refractivity contribution in [2.24, 2.45) is 5.92 Å². The van der Waals surface area contributed by atoms with Crippen molar-refractivity contribution in [3.63, 3.8) is 0 Å². The third-order valence-corrected chi connectivity index (χ3v) is 3.62. The summed E-state index contributed by atoms with van der Waals surface area (Å²) in [5.74, 6) is -0.453. The lowest BCUT2D eigenvalue weighted by Gasteiger charge is -2.10. The zero-order valence-electron chi connectivity index (χ0n) is 14.6. The van der Waals surface area contributed by atoms with E-state index in [4.69, 9.17) is 4.74 Å². The molecule has 1 unspecified atom stereocenters. The first-order chi connectivity index (χ1) is 11.7. The molecule has 0 aromatic heterocycles. The SMILES string of the molecule is CC(C)=CCCC(C)CCOC(=O)c1cc([N+](=O)[O-])cc([N+](=O)[O-])c1. The summed E-state index contributed by atoms with van der Waals surface area (Å²) in [6.45, 7) is 6.27. The number of benzene rings is 1. The molecule has 1 aromatic carbocycles. The van der Waals surface area contributed by atoms with Crippen LogP contribution in [0.25, 0.3) is 0 Å². The van der Waals surface area contributed by atoms with E-state index in [0.29, 0.717) is 12.3 Å². The second-order valence-electron chi connectivity index (χ2n) is 6.14. The average Bonchev–Trinajstić information content (AvgIpc) is 2.53. The maximum atomic E-state index is 12.0. The topological polar surface area (TPSA) is 113 Å². The predicted molar refractivity (Wildman–Crippen MR) is 92.5 cm³/mol. The van der Waals surface area contributed by atoms with Crippen LogP contribution in [-0.2, 0) is 4.74 Å². The van der Waals surface area contributed by atoms with E-state index in [2.05, 4.69) is 6.08 Å². The molecule has 8 heteroatoms. The van der Waals surface area contributed by atoms with E-state index in [9.17, 15) is 25.0 Å². The van der Waals surface area contributed by atoms with Gasteiger partial charge in [0.05, 0.1) is 28.1 Å². The van der Waals surface area contributed by atoms with Gasteiger partial charge in [0.25, 0.3) is 11.4 Å². The normalized spacial score (nSPS) is 11.5. The van der Waals surface area contributed by atoms with E-state index in [0.717, 1.165) is 31.0 Å². The van der Waals surface area contributed by atoms with Crippen molar-refractivity contribution < 1.29 is 19.4 Å². The lowest BCUT2D eigenvalue weighted by molar-refractivity contribution is -0.394. The van der Waals surface area contributed by atoms with Crippen LogP contribution in [0.3, 0.4) is 0 Å².